The molecule has 0 saturated carbocycles. The molecule has 0 heterocycles. The molecule has 0 bridgehead atoms. The Hall–Kier alpha value is -1.04. The number of carbonyl (C=O) groups is 1. The highest BCUT2D eigenvalue weighted by molar-refractivity contribution is 7.85. The van der Waals surface area contributed by atoms with Crippen LogP contribution in [-0.2, 0) is 19.6 Å². The van der Waals surface area contributed by atoms with E-state index in [1.54, 1.807) is 0 Å². The summed E-state index contributed by atoms with van der Waals surface area (Å²) >= 11 is 0. The van der Waals surface area contributed by atoms with Crippen molar-refractivity contribution in [2.75, 3.05) is 5.75 Å². The van der Waals surface area contributed by atoms with Crippen LogP contribution in [0.15, 0.2) is 0 Å². The molecule has 186 valence electrons. The molecule has 0 aromatic carbocycles. The van der Waals surface area contributed by atoms with Crippen molar-refractivity contribution in [1.29, 1.82) is 0 Å². The van der Waals surface area contributed by atoms with Crippen LogP contribution in [0.25, 0.3) is 0 Å². The molecule has 5 nitrogen and oxygen atoms in total. The number of unbranched alkanes of at least 4 members (excludes halogenated alkanes) is 8. The highest BCUT2D eigenvalue weighted by Gasteiger charge is 2.75. The van der Waals surface area contributed by atoms with Gasteiger partial charge in [0.05, 0.1) is 0 Å². The lowest BCUT2D eigenvalue weighted by molar-refractivity contribution is -0.361. The van der Waals surface area contributed by atoms with Gasteiger partial charge in [-0.3, -0.25) is 9.35 Å². The average molecular weight is 487 g/mol. The Morgan fingerprint density at radius 2 is 1.19 bits per heavy atom. The summed E-state index contributed by atoms with van der Waals surface area (Å²) in [7, 11) is -5.76. The van der Waals surface area contributed by atoms with Gasteiger partial charge in [0.2, 0.25) is 0 Å². The molecule has 0 aromatic rings. The number of ether oxygens (including phenoxy) is 1. The molecule has 0 saturated heterocycles. The Kier molecular flexibility index (Phi) is 12.4. The van der Waals surface area contributed by atoms with Crippen LogP contribution >= 0.6 is 0 Å². The summed E-state index contributed by atoms with van der Waals surface area (Å²) in [6, 6.07) is 0. The number of alkyl halides is 6. The zero-order valence-corrected chi connectivity index (χ0v) is 18.6. The second-order valence-corrected chi connectivity index (χ2v) is 9.59. The summed E-state index contributed by atoms with van der Waals surface area (Å²) < 4.78 is 112. The Morgan fingerprint density at radius 1 is 0.806 bits per heavy atom. The van der Waals surface area contributed by atoms with Crippen molar-refractivity contribution >= 4 is 16.1 Å². The van der Waals surface area contributed by atoms with Gasteiger partial charge < -0.3 is 4.74 Å². The first-order valence-electron chi connectivity index (χ1n) is 10.3. The number of hydrogen-bond acceptors (Lipinski definition) is 4. The SMILES string of the molecule is CC(C)CCCCCCCCCCCC(=O)OC(CS(=O)(=O)O)(C(F)(F)F)C(F)(F)F. The van der Waals surface area contributed by atoms with Gasteiger partial charge in [0.15, 0.2) is 0 Å². The van der Waals surface area contributed by atoms with E-state index in [1.807, 2.05) is 0 Å². The van der Waals surface area contributed by atoms with Gasteiger partial charge in [0.25, 0.3) is 10.1 Å². The molecular formula is C19H32F6O5S. The van der Waals surface area contributed by atoms with E-state index in [-0.39, 0.29) is 6.42 Å². The maximum absolute atomic E-state index is 13.1. The average Bonchev–Trinajstić information content (AvgIpc) is 2.55. The molecule has 0 unspecified atom stereocenters. The molecular weight excluding hydrogens is 454 g/mol. The minimum Gasteiger partial charge on any atom is -0.438 e. The topological polar surface area (TPSA) is 80.7 Å². The van der Waals surface area contributed by atoms with Gasteiger partial charge in [-0.25, -0.2) is 0 Å². The van der Waals surface area contributed by atoms with Gasteiger partial charge in [0.1, 0.15) is 5.75 Å². The van der Waals surface area contributed by atoms with E-state index < -0.39 is 46.2 Å². The molecule has 0 atom stereocenters. The minimum atomic E-state index is -6.29. The fourth-order valence-corrected chi connectivity index (χ4v) is 3.93. The second kappa shape index (κ2) is 12.9. The summed E-state index contributed by atoms with van der Waals surface area (Å²) in [6.07, 6.45) is -4.80. The lowest BCUT2D eigenvalue weighted by Crippen LogP contribution is -2.63. The van der Waals surface area contributed by atoms with Crippen LogP contribution in [0, 0.1) is 5.92 Å². The first kappa shape index (κ1) is 30.0. The summed E-state index contributed by atoms with van der Waals surface area (Å²) in [5.74, 6) is -4.00. The van der Waals surface area contributed by atoms with Crippen LogP contribution in [-0.4, -0.2) is 42.6 Å². The zero-order chi connectivity index (χ0) is 24.3. The molecule has 0 radical (unpaired) electrons. The van der Waals surface area contributed by atoms with Gasteiger partial charge >= 0.3 is 23.9 Å². The highest BCUT2D eigenvalue weighted by Crippen LogP contribution is 2.47. The Balaban J connectivity index is 4.45. The maximum atomic E-state index is 13.1. The molecule has 0 spiro atoms. The summed E-state index contributed by atoms with van der Waals surface area (Å²) in [6.45, 7) is 4.33. The summed E-state index contributed by atoms with van der Waals surface area (Å²) in [5, 5.41) is 0. The lowest BCUT2D eigenvalue weighted by atomic mass is 10.0. The predicted molar refractivity (Wildman–Crippen MR) is 103 cm³/mol. The summed E-state index contributed by atoms with van der Waals surface area (Å²) in [5.41, 5.74) is -5.32. The van der Waals surface area contributed by atoms with E-state index >= 15 is 0 Å². The smallest absolute Gasteiger partial charge is 0.438 e. The van der Waals surface area contributed by atoms with Crippen molar-refractivity contribution in [2.45, 2.75) is 102 Å². The van der Waals surface area contributed by atoms with Gasteiger partial charge in [0, 0.05) is 6.42 Å². The van der Waals surface area contributed by atoms with Crippen LogP contribution in [0.2, 0.25) is 0 Å². The molecule has 12 heteroatoms. The molecule has 0 amide bonds. The Labute approximate surface area is 179 Å². The van der Waals surface area contributed by atoms with Crippen molar-refractivity contribution in [1.82, 2.24) is 0 Å². The highest BCUT2D eigenvalue weighted by atomic mass is 32.2. The molecule has 0 rings (SSSR count). The third-order valence-electron chi connectivity index (χ3n) is 4.75. The number of carbonyl (C=O) groups excluding carboxylic acids is 1. The normalized spacial score (nSPS) is 13.6. The maximum Gasteiger partial charge on any atom is 0.438 e. The first-order valence-corrected chi connectivity index (χ1v) is 11.9. The quantitative estimate of drug-likeness (QED) is 0.128. The Morgan fingerprint density at radius 3 is 1.55 bits per heavy atom. The van der Waals surface area contributed by atoms with E-state index in [4.69, 9.17) is 4.55 Å². The van der Waals surface area contributed by atoms with Gasteiger partial charge in [-0.1, -0.05) is 71.6 Å². The number of halogens is 6. The monoisotopic (exact) mass is 486 g/mol. The van der Waals surface area contributed by atoms with Crippen molar-refractivity contribution in [2.24, 2.45) is 5.92 Å². The van der Waals surface area contributed by atoms with Crippen molar-refractivity contribution in [3.05, 3.63) is 0 Å². The number of hydrogen-bond donors (Lipinski definition) is 1. The standard InChI is InChI=1S/C19H32F6O5S/c1-15(2)12-10-8-6-4-3-5-7-9-11-13-16(26)30-17(18(20,21)22,19(23,24)25)14-31(27,28)29/h15H,3-14H2,1-2H3,(H,27,28,29). The van der Waals surface area contributed by atoms with Crippen LogP contribution in [0.5, 0.6) is 0 Å². The lowest BCUT2D eigenvalue weighted by Gasteiger charge is -2.35. The molecule has 0 aliphatic rings. The fraction of sp³-hybridized carbons (Fsp3) is 0.947. The molecule has 0 aromatic heterocycles. The van der Waals surface area contributed by atoms with Gasteiger partial charge in [-0.15, -0.1) is 0 Å². The molecule has 0 fully saturated rings. The van der Waals surface area contributed by atoms with Crippen LogP contribution in [0.1, 0.15) is 84.5 Å². The fourth-order valence-electron chi connectivity index (χ4n) is 3.03. The largest absolute Gasteiger partial charge is 0.438 e. The van der Waals surface area contributed by atoms with E-state index in [1.165, 1.54) is 12.8 Å². The minimum absolute atomic E-state index is 0.00485. The van der Waals surface area contributed by atoms with Crippen molar-refractivity contribution in [3.8, 4) is 0 Å². The first-order chi connectivity index (χ1) is 14.0. The number of esters is 1. The predicted octanol–water partition coefficient (Wildman–Crippen LogP) is 6.23. The molecule has 0 aliphatic carbocycles. The van der Waals surface area contributed by atoms with Crippen LogP contribution in [0.3, 0.4) is 0 Å². The van der Waals surface area contributed by atoms with Gasteiger partial charge in [-0.2, -0.15) is 34.8 Å². The van der Waals surface area contributed by atoms with E-state index in [0.29, 0.717) is 18.8 Å². The molecule has 0 aliphatic heterocycles. The summed E-state index contributed by atoms with van der Waals surface area (Å²) in [4.78, 5) is 11.6. The molecule has 31 heavy (non-hydrogen) atoms. The van der Waals surface area contributed by atoms with E-state index in [2.05, 4.69) is 18.6 Å². The van der Waals surface area contributed by atoms with Crippen molar-refractivity contribution < 1.29 is 48.8 Å². The Bertz CT molecular complexity index is 615. The van der Waals surface area contributed by atoms with Crippen LogP contribution in [0.4, 0.5) is 26.3 Å². The third kappa shape index (κ3) is 12.0. The third-order valence-corrected chi connectivity index (χ3v) is 5.52. The van der Waals surface area contributed by atoms with Crippen LogP contribution < -0.4 is 0 Å². The van der Waals surface area contributed by atoms with E-state index in [0.717, 1.165) is 32.1 Å². The second-order valence-electron chi connectivity index (χ2n) is 8.14. The van der Waals surface area contributed by atoms with Gasteiger partial charge in [-0.05, 0) is 12.3 Å². The number of rotatable bonds is 15. The van der Waals surface area contributed by atoms with E-state index in [9.17, 15) is 39.6 Å². The molecule has 1 N–H and O–H groups in total. The zero-order valence-electron chi connectivity index (χ0n) is 17.8. The van der Waals surface area contributed by atoms with Crippen molar-refractivity contribution in [3.63, 3.8) is 0 Å².